The number of sulfonamides is 1. The van der Waals surface area contributed by atoms with Crippen LogP contribution in [0.2, 0.25) is 5.02 Å². The smallest absolute Gasteiger partial charge is 0.293 e. The monoisotopic (exact) mass is 836 g/mol. The Morgan fingerprint density at radius 2 is 1.75 bits per heavy atom. The molecule has 2 aliphatic carbocycles. The summed E-state index contributed by atoms with van der Waals surface area (Å²) in [6, 6.07) is 5.93. The number of rotatable bonds is 10. The minimum Gasteiger partial charge on any atom is -0.344 e. The number of alkyl halides is 4. The van der Waals surface area contributed by atoms with Gasteiger partial charge in [0.2, 0.25) is 15.9 Å². The average molecular weight is 837 g/mol. The lowest BCUT2D eigenvalue weighted by atomic mass is 10.0. The summed E-state index contributed by atoms with van der Waals surface area (Å²) in [5.74, 6) is -10.3. The van der Waals surface area contributed by atoms with Gasteiger partial charge in [0.05, 0.1) is 39.4 Å². The van der Waals surface area contributed by atoms with Gasteiger partial charge in [0.15, 0.2) is 5.82 Å². The van der Waals surface area contributed by atoms with Crippen LogP contribution in [0.25, 0.3) is 27.5 Å². The zero-order chi connectivity index (χ0) is 41.0. The van der Waals surface area contributed by atoms with Crippen LogP contribution < -0.4 is 15.6 Å². The second-order valence-corrected chi connectivity index (χ2v) is 16.3. The number of halogens is 8. The Labute approximate surface area is 322 Å². The van der Waals surface area contributed by atoms with Gasteiger partial charge in [-0.05, 0) is 66.8 Å². The van der Waals surface area contributed by atoms with Crippen molar-refractivity contribution in [2.45, 2.75) is 50.6 Å². The number of nitrogens with one attached hydrogen (secondary N) is 2. The number of hydrogen-bond donors (Lipinski definition) is 2. The summed E-state index contributed by atoms with van der Waals surface area (Å²) in [6.45, 7) is 0.506. The first-order chi connectivity index (χ1) is 26.7. The van der Waals surface area contributed by atoms with Crippen LogP contribution in [0.15, 0.2) is 47.3 Å². The van der Waals surface area contributed by atoms with Crippen molar-refractivity contribution in [2.75, 3.05) is 11.0 Å². The molecule has 3 heterocycles. The van der Waals surface area contributed by atoms with Crippen LogP contribution in [0.4, 0.5) is 36.6 Å². The molecule has 1 amide bonds. The summed E-state index contributed by atoms with van der Waals surface area (Å²) < 4.78 is 133. The van der Waals surface area contributed by atoms with Crippen LogP contribution in [-0.2, 0) is 40.8 Å². The third-order valence-electron chi connectivity index (χ3n) is 10.0. The van der Waals surface area contributed by atoms with Gasteiger partial charge in [-0.25, -0.2) is 35.4 Å². The predicted octanol–water partition coefficient (Wildman–Crippen LogP) is 6.47. The number of anilines is 1. The first-order valence-corrected chi connectivity index (χ1v) is 19.4. The lowest BCUT2D eigenvalue weighted by molar-refractivity contribution is -0.123. The zero-order valence-corrected chi connectivity index (χ0v) is 31.3. The number of carbonyl (C=O) groups excluding carboxylic acids is 1. The molecule has 298 valence electrons. The summed E-state index contributed by atoms with van der Waals surface area (Å²) in [7, 11) is -2.54. The maximum absolute atomic E-state index is 15.7. The Morgan fingerprint density at radius 3 is 2.42 bits per heavy atom. The molecule has 2 N–H and O–H groups in total. The van der Waals surface area contributed by atoms with E-state index >= 15 is 13.2 Å². The summed E-state index contributed by atoms with van der Waals surface area (Å²) in [5.41, 5.74) is -3.10. The van der Waals surface area contributed by atoms with Crippen LogP contribution >= 0.6 is 11.6 Å². The van der Waals surface area contributed by atoms with Crippen LogP contribution in [0.3, 0.4) is 0 Å². The lowest BCUT2D eigenvalue weighted by Crippen LogP contribution is -2.38. The Bertz CT molecular complexity index is 2860. The molecule has 3 aromatic carbocycles. The van der Waals surface area contributed by atoms with Crippen molar-refractivity contribution in [3.8, 4) is 5.69 Å². The van der Waals surface area contributed by atoms with Crippen LogP contribution in [0.5, 0.6) is 0 Å². The van der Waals surface area contributed by atoms with E-state index in [2.05, 4.69) is 25.2 Å². The highest BCUT2D eigenvalue weighted by atomic mass is 35.5. The number of carbonyl (C=O) groups is 1. The molecule has 8 rings (SSSR count). The molecule has 1 fully saturated rings. The van der Waals surface area contributed by atoms with Crippen molar-refractivity contribution in [1.82, 2.24) is 34.4 Å². The second-order valence-electron chi connectivity index (χ2n) is 14.2. The topological polar surface area (TPSA) is 146 Å². The summed E-state index contributed by atoms with van der Waals surface area (Å²) in [5, 5.41) is 9.93. The Hall–Kier alpha value is -5.50. The number of fused-ring (bicyclic) bond motifs is 5. The molecule has 0 bridgehead atoms. The molecule has 0 spiro atoms. The van der Waals surface area contributed by atoms with Gasteiger partial charge in [0.25, 0.3) is 17.9 Å². The molecule has 0 aliphatic heterocycles. The first-order valence-electron chi connectivity index (χ1n) is 17.1. The fourth-order valence-electron chi connectivity index (χ4n) is 7.79. The van der Waals surface area contributed by atoms with Gasteiger partial charge in [-0.3, -0.25) is 28.2 Å². The summed E-state index contributed by atoms with van der Waals surface area (Å²) >= 11 is 6.53. The Morgan fingerprint density at radius 1 is 1.05 bits per heavy atom. The highest BCUT2D eigenvalue weighted by Crippen LogP contribution is 2.68. The normalized spacial score (nSPS) is 17.6. The largest absolute Gasteiger partial charge is 0.344 e. The van der Waals surface area contributed by atoms with Gasteiger partial charge >= 0.3 is 0 Å². The number of aryl methyl sites for hydroxylation is 2. The van der Waals surface area contributed by atoms with E-state index in [-0.39, 0.29) is 56.3 Å². The highest BCUT2D eigenvalue weighted by molar-refractivity contribution is 7.92. The molecular weight excluding hydrogens is 809 g/mol. The molecule has 57 heavy (non-hydrogen) atoms. The molecule has 21 heteroatoms. The van der Waals surface area contributed by atoms with Gasteiger partial charge in [0.1, 0.15) is 46.6 Å². The number of amides is 1. The zero-order valence-electron chi connectivity index (χ0n) is 29.7. The molecule has 1 saturated carbocycles. The van der Waals surface area contributed by atoms with Crippen molar-refractivity contribution >= 4 is 55.2 Å². The minimum atomic E-state index is -3.93. The van der Waals surface area contributed by atoms with Crippen LogP contribution in [0.1, 0.15) is 58.7 Å². The Balaban J connectivity index is 1.34. The number of hydrogen-bond acceptors (Lipinski definition) is 7. The molecule has 0 saturated heterocycles. The third-order valence-corrected chi connectivity index (χ3v) is 10.9. The number of aromatic nitrogens is 6. The van der Waals surface area contributed by atoms with Gasteiger partial charge in [-0.2, -0.15) is 19.0 Å². The van der Waals surface area contributed by atoms with E-state index in [0.29, 0.717) is 16.3 Å². The van der Waals surface area contributed by atoms with Crippen molar-refractivity contribution in [1.29, 1.82) is 0 Å². The molecule has 3 atom stereocenters. The predicted molar refractivity (Wildman–Crippen MR) is 193 cm³/mol. The third kappa shape index (κ3) is 6.57. The van der Waals surface area contributed by atoms with Crippen LogP contribution in [0, 0.1) is 30.3 Å². The standard InChI is InChI=1S/C36H28ClF7N8O4S/c1-14-6-21(40)28-22(7-14)46-34(52(35(28)54)24-5-4-20(37)27-30(24)50(2)48-33(27)49-57(3,55)56)23(10-15-8-16(38)11-17(39)9-15)45-25(53)13-51-31-26(29(47-51)32(41)42)18-12-19(18)36(31,43)44/h4-9,11,18-19,23,32H,10,12-13H2,1-3H3,(H,45,53)(H,48,49)/t18-,19+,23?/m0/s1. The van der Waals surface area contributed by atoms with Gasteiger partial charge in [-0.15, -0.1) is 0 Å². The molecule has 0 radical (unpaired) electrons. The summed E-state index contributed by atoms with van der Waals surface area (Å²) in [6.07, 6.45) is -2.89. The van der Waals surface area contributed by atoms with Crippen molar-refractivity contribution < 1.29 is 43.9 Å². The molecule has 6 aromatic rings. The molecule has 12 nitrogen and oxygen atoms in total. The molecular formula is C36H28ClF7N8O4S. The minimum absolute atomic E-state index is 0.00134. The molecule has 1 unspecified atom stereocenters. The SMILES string of the molecule is Cc1cc(F)c2c(=O)n(-c3ccc(Cl)c4c(NS(C)(=O)=O)nn(C)c34)c(C(Cc3cc(F)cc(F)c3)NC(=O)Cn3nc(C(F)F)c4c3C(F)(F)[C@@H]3C[C@H]43)nc2c1. The molecule has 3 aromatic heterocycles. The fraction of sp³-hybridized carbons (Fsp3) is 0.306. The van der Waals surface area contributed by atoms with Gasteiger partial charge < -0.3 is 5.32 Å². The van der Waals surface area contributed by atoms with Crippen molar-refractivity contribution in [2.24, 2.45) is 13.0 Å². The van der Waals surface area contributed by atoms with Crippen LogP contribution in [-0.4, -0.2) is 49.7 Å². The van der Waals surface area contributed by atoms with E-state index in [1.54, 1.807) is 0 Å². The first kappa shape index (κ1) is 38.4. The maximum Gasteiger partial charge on any atom is 0.293 e. The summed E-state index contributed by atoms with van der Waals surface area (Å²) in [4.78, 5) is 33.1. The van der Waals surface area contributed by atoms with Gasteiger partial charge in [-0.1, -0.05) is 11.6 Å². The molecule has 2 aliphatic rings. The van der Waals surface area contributed by atoms with E-state index in [9.17, 15) is 35.6 Å². The average Bonchev–Trinajstić information content (AvgIpc) is 3.63. The second kappa shape index (κ2) is 13.3. The lowest BCUT2D eigenvalue weighted by Gasteiger charge is -2.24. The number of benzene rings is 3. The quantitative estimate of drug-likeness (QED) is 0.151. The van der Waals surface area contributed by atoms with Gasteiger partial charge in [0, 0.05) is 31.0 Å². The highest BCUT2D eigenvalue weighted by Gasteiger charge is 2.67. The van der Waals surface area contributed by atoms with E-state index in [1.165, 1.54) is 36.9 Å². The van der Waals surface area contributed by atoms with E-state index in [0.717, 1.165) is 29.0 Å². The van der Waals surface area contributed by atoms with E-state index in [1.807, 2.05) is 0 Å². The fourth-order valence-corrected chi connectivity index (χ4v) is 8.53. The number of nitrogens with zero attached hydrogens (tertiary/aromatic N) is 6. The van der Waals surface area contributed by atoms with E-state index < -0.39 is 98.9 Å². The van der Waals surface area contributed by atoms with Crippen molar-refractivity contribution in [3.05, 3.63) is 109 Å². The Kier molecular flexibility index (Phi) is 8.95. The van der Waals surface area contributed by atoms with E-state index in [4.69, 9.17) is 11.6 Å². The van der Waals surface area contributed by atoms with Crippen molar-refractivity contribution in [3.63, 3.8) is 0 Å². The maximum atomic E-state index is 15.7.